The molecule has 0 saturated heterocycles. The van der Waals surface area contributed by atoms with Gasteiger partial charge in [-0.3, -0.25) is 0 Å². The maximum absolute atomic E-state index is 6.00. The van der Waals surface area contributed by atoms with E-state index in [-0.39, 0.29) is 0 Å². The molecule has 0 N–H and O–H groups in total. The van der Waals surface area contributed by atoms with Crippen molar-refractivity contribution in [1.29, 1.82) is 0 Å². The third-order valence-corrected chi connectivity index (χ3v) is 9.43. The van der Waals surface area contributed by atoms with Gasteiger partial charge < -0.3 is 0 Å². The minimum absolute atomic E-state index is 0.573. The Morgan fingerprint density at radius 3 is 0.938 bits per heavy atom. The molecule has 0 fully saturated rings. The Morgan fingerprint density at radius 1 is 0.438 bits per heavy atom. The summed E-state index contributed by atoms with van der Waals surface area (Å²) < 4.78 is 0. The van der Waals surface area contributed by atoms with E-state index in [9.17, 15) is 0 Å². The largest absolute Gasteiger partial charge is 0.341 e. The molecule has 0 aromatic heterocycles. The topological polar surface area (TPSA) is 0 Å². The fourth-order valence-corrected chi connectivity index (χ4v) is 8.14. The Balaban J connectivity index is 3.09. The van der Waals surface area contributed by atoms with E-state index < -0.39 is 6.00 Å². The van der Waals surface area contributed by atoms with Crippen LogP contribution in [0.25, 0.3) is 0 Å². The van der Waals surface area contributed by atoms with Gasteiger partial charge in [-0.15, -0.1) is 33.2 Å². The van der Waals surface area contributed by atoms with Gasteiger partial charge in [-0.1, -0.05) is 168 Å². The highest BCUT2D eigenvalue weighted by atomic mass is 35.8. The highest BCUT2D eigenvalue weighted by Crippen LogP contribution is 2.31. The summed E-state index contributed by atoms with van der Waals surface area (Å²) in [6.07, 6.45) is 34.4. The summed E-state index contributed by atoms with van der Waals surface area (Å²) in [7, 11) is 0. The Morgan fingerprint density at radius 2 is 0.688 bits per heavy atom. The van der Waals surface area contributed by atoms with Crippen molar-refractivity contribution in [2.75, 3.05) is 0 Å². The lowest BCUT2D eigenvalue weighted by atomic mass is 10.0. The lowest BCUT2D eigenvalue weighted by molar-refractivity contribution is 0.500. The highest BCUT2D eigenvalue weighted by molar-refractivity contribution is 7.64. The van der Waals surface area contributed by atoms with Crippen molar-refractivity contribution in [3.63, 3.8) is 0 Å². The van der Waals surface area contributed by atoms with Crippen LogP contribution in [0.2, 0.25) is 6.04 Å². The lowest BCUT2D eigenvalue weighted by Crippen LogP contribution is -2.13. The SMILES string of the molecule is CCCCCCCCCCCCCCCCCCCCCCCCCC(C)C[Si](Cl)(Cl)Cl. The van der Waals surface area contributed by atoms with Gasteiger partial charge in [-0.25, -0.2) is 0 Å². The van der Waals surface area contributed by atoms with Gasteiger partial charge in [0.1, 0.15) is 0 Å². The van der Waals surface area contributed by atoms with Crippen LogP contribution < -0.4 is 0 Å². The highest BCUT2D eigenvalue weighted by Gasteiger charge is 2.27. The van der Waals surface area contributed by atoms with E-state index in [1.54, 1.807) is 0 Å². The Labute approximate surface area is 218 Å². The Kier molecular flexibility index (Phi) is 26.0. The minimum atomic E-state index is -2.42. The zero-order valence-electron chi connectivity index (χ0n) is 21.9. The van der Waals surface area contributed by atoms with Crippen LogP contribution in [-0.4, -0.2) is 6.00 Å². The lowest BCUT2D eigenvalue weighted by Gasteiger charge is -2.14. The summed E-state index contributed by atoms with van der Waals surface area (Å²) in [5.74, 6) is 0.573. The average Bonchev–Trinajstić information content (AvgIpc) is 2.73. The molecule has 0 amide bonds. The smallest absolute Gasteiger partial charge is 0.126 e. The van der Waals surface area contributed by atoms with E-state index in [1.165, 1.54) is 154 Å². The molecule has 0 radical (unpaired) electrons. The number of halogens is 3. The Hall–Kier alpha value is 1.09. The van der Waals surface area contributed by atoms with Crippen molar-refractivity contribution in [3.8, 4) is 0 Å². The van der Waals surface area contributed by atoms with Crippen molar-refractivity contribution < 1.29 is 0 Å². The number of hydrogen-bond acceptors (Lipinski definition) is 0. The van der Waals surface area contributed by atoms with Gasteiger partial charge in [-0.2, -0.15) is 0 Å². The predicted octanol–water partition coefficient (Wildman–Crippen LogP) is 12.7. The molecule has 32 heavy (non-hydrogen) atoms. The van der Waals surface area contributed by atoms with E-state index in [4.69, 9.17) is 33.2 Å². The molecule has 1 unspecified atom stereocenters. The van der Waals surface area contributed by atoms with E-state index in [0.717, 1.165) is 6.04 Å². The van der Waals surface area contributed by atoms with Crippen LogP contribution in [0.3, 0.4) is 0 Å². The van der Waals surface area contributed by atoms with Crippen molar-refractivity contribution in [3.05, 3.63) is 0 Å². The molecule has 0 aliphatic rings. The van der Waals surface area contributed by atoms with Gasteiger partial charge in [0, 0.05) is 0 Å². The predicted molar refractivity (Wildman–Crippen MR) is 154 cm³/mol. The Bertz CT molecular complexity index is 357. The summed E-state index contributed by atoms with van der Waals surface area (Å²) >= 11 is 18.0. The second kappa shape index (κ2) is 25.2. The van der Waals surface area contributed by atoms with Crippen molar-refractivity contribution in [1.82, 2.24) is 0 Å². The molecule has 0 aliphatic heterocycles. The molecule has 0 aliphatic carbocycles. The molecule has 0 aromatic rings. The van der Waals surface area contributed by atoms with Crippen LogP contribution >= 0.6 is 33.2 Å². The first-order valence-corrected chi connectivity index (χ1v) is 19.8. The fourth-order valence-electron chi connectivity index (χ4n) is 4.78. The zero-order valence-corrected chi connectivity index (χ0v) is 25.2. The number of rotatable bonds is 26. The summed E-state index contributed by atoms with van der Waals surface area (Å²) in [6.45, 7) is 4.53. The quantitative estimate of drug-likeness (QED) is 0.0595. The van der Waals surface area contributed by atoms with Gasteiger partial charge in [0.15, 0.2) is 0 Å². The summed E-state index contributed by atoms with van der Waals surface area (Å²) in [4.78, 5) is 0. The standard InChI is InChI=1S/C28H57Cl3Si/c1-3-4-5-6-7-8-9-10-11-12-13-14-15-16-17-18-19-20-21-22-23-24-25-26-28(2)27-32(29,30)31/h28H,3-27H2,1-2H3. The molecule has 0 rings (SSSR count). The van der Waals surface area contributed by atoms with Crippen molar-refractivity contribution in [2.24, 2.45) is 5.92 Å². The molecule has 0 aromatic carbocycles. The minimum Gasteiger partial charge on any atom is -0.126 e. The molecule has 0 saturated carbocycles. The summed E-state index contributed by atoms with van der Waals surface area (Å²) in [6, 6.07) is -1.61. The first-order valence-electron chi connectivity index (χ1n) is 14.5. The van der Waals surface area contributed by atoms with Gasteiger partial charge in [0.25, 0.3) is 0 Å². The van der Waals surface area contributed by atoms with Crippen LogP contribution in [0.4, 0.5) is 0 Å². The normalized spacial score (nSPS) is 13.0. The fraction of sp³-hybridized carbons (Fsp3) is 1.00. The zero-order chi connectivity index (χ0) is 23.8. The molecule has 1 atom stereocenters. The summed E-state index contributed by atoms with van der Waals surface area (Å²) in [5.41, 5.74) is 0. The van der Waals surface area contributed by atoms with E-state index >= 15 is 0 Å². The average molecular weight is 528 g/mol. The first kappa shape index (κ1) is 33.1. The molecule has 0 nitrogen and oxygen atoms in total. The monoisotopic (exact) mass is 526 g/mol. The second-order valence-electron chi connectivity index (χ2n) is 10.5. The molecule has 0 spiro atoms. The first-order chi connectivity index (χ1) is 15.5. The van der Waals surface area contributed by atoms with Crippen molar-refractivity contribution in [2.45, 2.75) is 174 Å². The molecular formula is C28H57Cl3Si. The summed E-state index contributed by atoms with van der Waals surface area (Å²) in [5, 5.41) is 0. The molecule has 0 bridgehead atoms. The maximum Gasteiger partial charge on any atom is 0.341 e. The van der Waals surface area contributed by atoms with E-state index in [0.29, 0.717) is 5.92 Å². The third-order valence-electron chi connectivity index (χ3n) is 6.88. The van der Waals surface area contributed by atoms with Gasteiger partial charge >= 0.3 is 6.00 Å². The molecule has 194 valence electrons. The van der Waals surface area contributed by atoms with Gasteiger partial charge in [0.2, 0.25) is 0 Å². The number of hydrogen-bond donors (Lipinski definition) is 0. The van der Waals surface area contributed by atoms with E-state index in [1.807, 2.05) is 0 Å². The van der Waals surface area contributed by atoms with Crippen LogP contribution in [-0.2, 0) is 0 Å². The van der Waals surface area contributed by atoms with Crippen LogP contribution in [0.15, 0.2) is 0 Å². The third kappa shape index (κ3) is 29.1. The van der Waals surface area contributed by atoms with E-state index in [2.05, 4.69) is 13.8 Å². The van der Waals surface area contributed by atoms with Crippen LogP contribution in [0, 0.1) is 5.92 Å². The molecule has 0 heterocycles. The maximum atomic E-state index is 6.00. The molecular weight excluding hydrogens is 471 g/mol. The second-order valence-corrected chi connectivity index (χ2v) is 19.7. The van der Waals surface area contributed by atoms with Gasteiger partial charge in [-0.05, 0) is 12.0 Å². The van der Waals surface area contributed by atoms with Gasteiger partial charge in [0.05, 0.1) is 0 Å². The number of unbranched alkanes of at least 4 members (excludes halogenated alkanes) is 22. The van der Waals surface area contributed by atoms with Crippen molar-refractivity contribution >= 4 is 39.2 Å². The van der Waals surface area contributed by atoms with Crippen LogP contribution in [0.5, 0.6) is 0 Å². The van der Waals surface area contributed by atoms with Crippen LogP contribution in [0.1, 0.15) is 168 Å². The molecule has 4 heteroatoms.